The normalized spacial score (nSPS) is 15.5. The molecule has 2 amide bonds. The first kappa shape index (κ1) is 21.7. The molecule has 0 saturated carbocycles. The zero-order chi connectivity index (χ0) is 22.5. The Morgan fingerprint density at radius 2 is 1.97 bits per heavy atom. The number of carbonyl (C=O) groups excluding carboxylic acids is 2. The molecule has 2 aromatic carbocycles. The molecule has 0 radical (unpaired) electrons. The fourth-order valence-electron chi connectivity index (χ4n) is 3.71. The summed E-state index contributed by atoms with van der Waals surface area (Å²) in [7, 11) is 0. The second-order valence-corrected chi connectivity index (χ2v) is 7.97. The van der Waals surface area contributed by atoms with Crippen LogP contribution < -0.4 is 5.32 Å². The fraction of sp³-hybridized carbons (Fsp3) is 0.333. The molecule has 4 rings (SSSR count). The van der Waals surface area contributed by atoms with E-state index in [4.69, 9.17) is 4.74 Å². The molecule has 1 saturated heterocycles. The highest BCUT2D eigenvalue weighted by Crippen LogP contribution is 2.19. The number of benzene rings is 2. The molecule has 1 aliphatic rings. The molecule has 3 aromatic rings. The average molecular weight is 434 g/mol. The Morgan fingerprint density at radius 1 is 1.16 bits per heavy atom. The number of amides is 2. The van der Waals surface area contributed by atoms with Crippen LogP contribution in [0.3, 0.4) is 0 Å². The topological polar surface area (TPSA) is 89.4 Å². The van der Waals surface area contributed by atoms with Gasteiger partial charge >= 0.3 is 0 Å². The number of nitrogens with zero attached hydrogens (tertiary/aromatic N) is 4. The van der Waals surface area contributed by atoms with Crippen molar-refractivity contribution < 1.29 is 14.3 Å². The van der Waals surface area contributed by atoms with Gasteiger partial charge in [-0.05, 0) is 56.0 Å². The van der Waals surface area contributed by atoms with Gasteiger partial charge in [0.05, 0.1) is 18.0 Å². The van der Waals surface area contributed by atoms with Gasteiger partial charge in [0.2, 0.25) is 5.91 Å². The monoisotopic (exact) mass is 433 g/mol. The summed E-state index contributed by atoms with van der Waals surface area (Å²) in [5.74, 6) is -0.612. The van der Waals surface area contributed by atoms with E-state index < -0.39 is 0 Å². The number of para-hydroxylation sites is 1. The quantitative estimate of drug-likeness (QED) is 0.618. The van der Waals surface area contributed by atoms with Gasteiger partial charge in [-0.2, -0.15) is 9.90 Å². The third-order valence-corrected chi connectivity index (χ3v) is 5.65. The van der Waals surface area contributed by atoms with E-state index in [1.165, 1.54) is 15.9 Å². The minimum absolute atomic E-state index is 0.0865. The molecule has 2 heterocycles. The third-order valence-electron chi connectivity index (χ3n) is 5.65. The summed E-state index contributed by atoms with van der Waals surface area (Å²) in [5, 5.41) is 11.5. The van der Waals surface area contributed by atoms with Crippen LogP contribution in [0.1, 0.15) is 34.5 Å². The van der Waals surface area contributed by atoms with Gasteiger partial charge < -0.3 is 15.0 Å². The van der Waals surface area contributed by atoms with Gasteiger partial charge in [0.25, 0.3) is 5.91 Å². The van der Waals surface area contributed by atoms with E-state index >= 15 is 0 Å². The molecule has 32 heavy (non-hydrogen) atoms. The number of carbonyl (C=O) groups is 2. The molecule has 166 valence electrons. The third kappa shape index (κ3) is 5.03. The first-order valence-electron chi connectivity index (χ1n) is 10.8. The Kier molecular flexibility index (Phi) is 6.61. The standard InChI is InChI=1S/C24H27N5O3/c1-17-8-6-12-21(18(17)2)26-23(30)16-28(15-20-11-7-13-32-20)24(31)22-14-25-29(27-22)19-9-4-3-5-10-19/h3-6,8-10,12,14,20H,7,11,13,15-16H2,1-2H3,(H,26,30)/t20-/m1/s1. The van der Waals surface area contributed by atoms with E-state index in [1.807, 2.05) is 62.4 Å². The van der Waals surface area contributed by atoms with Crippen LogP contribution >= 0.6 is 0 Å². The van der Waals surface area contributed by atoms with Crippen molar-refractivity contribution in [3.63, 3.8) is 0 Å². The van der Waals surface area contributed by atoms with Gasteiger partial charge in [-0.25, -0.2) is 0 Å². The van der Waals surface area contributed by atoms with Crippen LogP contribution in [0.5, 0.6) is 0 Å². The summed E-state index contributed by atoms with van der Waals surface area (Å²) in [6.07, 6.45) is 3.15. The van der Waals surface area contributed by atoms with E-state index in [0.717, 1.165) is 35.3 Å². The number of rotatable bonds is 7. The largest absolute Gasteiger partial charge is 0.376 e. The summed E-state index contributed by atoms with van der Waals surface area (Å²) in [6.45, 7) is 4.86. The van der Waals surface area contributed by atoms with E-state index in [-0.39, 0.29) is 30.2 Å². The van der Waals surface area contributed by atoms with Gasteiger partial charge in [0.1, 0.15) is 6.54 Å². The molecule has 1 atom stereocenters. The van der Waals surface area contributed by atoms with Crippen molar-refractivity contribution in [2.45, 2.75) is 32.8 Å². The molecule has 8 heteroatoms. The van der Waals surface area contributed by atoms with E-state index in [9.17, 15) is 9.59 Å². The Morgan fingerprint density at radius 3 is 2.72 bits per heavy atom. The van der Waals surface area contributed by atoms with Crippen molar-refractivity contribution in [3.8, 4) is 5.69 Å². The number of hydrogen-bond donors (Lipinski definition) is 1. The Hall–Kier alpha value is -3.52. The van der Waals surface area contributed by atoms with Gasteiger partial charge in [-0.3, -0.25) is 9.59 Å². The smallest absolute Gasteiger partial charge is 0.276 e. The van der Waals surface area contributed by atoms with Gasteiger partial charge in [0.15, 0.2) is 5.69 Å². The maximum atomic E-state index is 13.3. The van der Waals surface area contributed by atoms with Crippen LogP contribution in [0.25, 0.3) is 5.69 Å². The SMILES string of the molecule is Cc1cccc(NC(=O)CN(C[C@H]2CCCO2)C(=O)c2cnn(-c3ccccc3)n2)c1C. The van der Waals surface area contributed by atoms with Crippen molar-refractivity contribution in [1.82, 2.24) is 19.9 Å². The first-order chi connectivity index (χ1) is 15.5. The second kappa shape index (κ2) is 9.74. The molecule has 8 nitrogen and oxygen atoms in total. The number of hydrogen-bond acceptors (Lipinski definition) is 5. The zero-order valence-corrected chi connectivity index (χ0v) is 18.3. The summed E-state index contributed by atoms with van der Waals surface area (Å²) in [4.78, 5) is 29.0. The van der Waals surface area contributed by atoms with E-state index in [2.05, 4.69) is 15.5 Å². The predicted molar refractivity (Wildman–Crippen MR) is 121 cm³/mol. The number of ether oxygens (including phenoxy) is 1. The molecular weight excluding hydrogens is 406 g/mol. The highest BCUT2D eigenvalue weighted by Gasteiger charge is 2.27. The molecule has 1 aliphatic heterocycles. The Bertz CT molecular complexity index is 1090. The second-order valence-electron chi connectivity index (χ2n) is 7.97. The van der Waals surface area contributed by atoms with E-state index in [1.54, 1.807) is 0 Å². The van der Waals surface area contributed by atoms with Crippen molar-refractivity contribution in [2.24, 2.45) is 0 Å². The maximum absolute atomic E-state index is 13.3. The lowest BCUT2D eigenvalue weighted by Crippen LogP contribution is -2.42. The predicted octanol–water partition coefficient (Wildman–Crippen LogP) is 3.14. The molecule has 1 aromatic heterocycles. The number of nitrogens with one attached hydrogen (secondary N) is 1. The molecule has 1 fully saturated rings. The summed E-state index contributed by atoms with van der Waals surface area (Å²) in [5.41, 5.74) is 3.78. The van der Waals surface area contributed by atoms with Crippen molar-refractivity contribution in [2.75, 3.05) is 25.0 Å². The van der Waals surface area contributed by atoms with Gasteiger partial charge in [-0.1, -0.05) is 30.3 Å². The van der Waals surface area contributed by atoms with Crippen LogP contribution in [-0.4, -0.2) is 57.5 Å². The lowest BCUT2D eigenvalue weighted by Gasteiger charge is -2.24. The molecule has 1 N–H and O–H groups in total. The summed E-state index contributed by atoms with van der Waals surface area (Å²) >= 11 is 0. The van der Waals surface area contributed by atoms with Gasteiger partial charge in [-0.15, -0.1) is 5.10 Å². The molecule has 0 bridgehead atoms. The van der Waals surface area contributed by atoms with Crippen molar-refractivity contribution in [1.29, 1.82) is 0 Å². The van der Waals surface area contributed by atoms with Crippen molar-refractivity contribution >= 4 is 17.5 Å². The summed E-state index contributed by atoms with van der Waals surface area (Å²) < 4.78 is 5.71. The van der Waals surface area contributed by atoms with Crippen LogP contribution in [-0.2, 0) is 9.53 Å². The lowest BCUT2D eigenvalue weighted by atomic mass is 10.1. The van der Waals surface area contributed by atoms with Crippen molar-refractivity contribution in [3.05, 3.63) is 71.5 Å². The van der Waals surface area contributed by atoms with E-state index in [0.29, 0.717) is 13.2 Å². The molecule has 0 spiro atoms. The molecular formula is C24H27N5O3. The highest BCUT2D eigenvalue weighted by atomic mass is 16.5. The molecule has 0 aliphatic carbocycles. The Labute approximate surface area is 187 Å². The van der Waals surface area contributed by atoms with Gasteiger partial charge in [0, 0.05) is 18.8 Å². The first-order valence-corrected chi connectivity index (χ1v) is 10.8. The Balaban J connectivity index is 1.51. The minimum Gasteiger partial charge on any atom is -0.376 e. The zero-order valence-electron chi connectivity index (χ0n) is 18.3. The van der Waals surface area contributed by atoms with Crippen LogP contribution in [0.2, 0.25) is 0 Å². The lowest BCUT2D eigenvalue weighted by molar-refractivity contribution is -0.117. The maximum Gasteiger partial charge on any atom is 0.276 e. The number of anilines is 1. The minimum atomic E-state index is -0.348. The fourth-order valence-corrected chi connectivity index (χ4v) is 3.71. The van der Waals surface area contributed by atoms with Crippen LogP contribution in [0.4, 0.5) is 5.69 Å². The average Bonchev–Trinajstić information content (AvgIpc) is 3.49. The summed E-state index contributed by atoms with van der Waals surface area (Å²) in [6, 6.07) is 15.1. The van der Waals surface area contributed by atoms with Crippen LogP contribution in [0, 0.1) is 13.8 Å². The number of aryl methyl sites for hydroxylation is 1. The van der Waals surface area contributed by atoms with Crippen LogP contribution in [0.15, 0.2) is 54.7 Å². The molecule has 0 unspecified atom stereocenters. The number of aromatic nitrogens is 3. The highest BCUT2D eigenvalue weighted by molar-refractivity contribution is 5.98.